The third kappa shape index (κ3) is 4.32. The molecule has 1 amide bonds. The van der Waals surface area contributed by atoms with Crippen molar-refractivity contribution in [3.8, 4) is 11.1 Å². The van der Waals surface area contributed by atoms with E-state index in [-0.39, 0.29) is 10.8 Å². The summed E-state index contributed by atoms with van der Waals surface area (Å²) < 4.78 is 27.8. The monoisotopic (exact) mass is 468 g/mol. The van der Waals surface area contributed by atoms with Gasteiger partial charge in [0.25, 0.3) is 15.9 Å². The third-order valence-corrected chi connectivity index (χ3v) is 7.83. The Bertz CT molecular complexity index is 1420. The number of anilines is 2. The Morgan fingerprint density at radius 1 is 0.765 bits per heavy atom. The van der Waals surface area contributed by atoms with Crippen molar-refractivity contribution >= 4 is 27.3 Å². The molecule has 0 aliphatic carbocycles. The highest BCUT2D eigenvalue weighted by atomic mass is 32.2. The van der Waals surface area contributed by atoms with Crippen LogP contribution in [0, 0.1) is 0 Å². The number of amides is 1. The van der Waals surface area contributed by atoms with E-state index in [1.165, 1.54) is 4.31 Å². The first-order valence-electron chi connectivity index (χ1n) is 11.2. The number of hydrogen-bond acceptors (Lipinski definition) is 3. The number of carbonyl (C=O) groups is 1. The SMILES string of the molecule is O=C(Nc1ccc2c(c1)CCCN2S(=O)(=O)c1ccccc1)c1ccc(-c2ccccc2)cc1. The van der Waals surface area contributed by atoms with Crippen LogP contribution in [0.3, 0.4) is 0 Å². The second kappa shape index (κ2) is 9.15. The summed E-state index contributed by atoms with van der Waals surface area (Å²) in [7, 11) is -3.64. The quantitative estimate of drug-likeness (QED) is 0.406. The van der Waals surface area contributed by atoms with Gasteiger partial charge in [-0.3, -0.25) is 9.10 Å². The van der Waals surface area contributed by atoms with Crippen molar-refractivity contribution in [1.82, 2.24) is 0 Å². The van der Waals surface area contributed by atoms with Crippen LogP contribution in [0.1, 0.15) is 22.3 Å². The van der Waals surface area contributed by atoms with Gasteiger partial charge in [0.1, 0.15) is 0 Å². The maximum Gasteiger partial charge on any atom is 0.264 e. The van der Waals surface area contributed by atoms with Crippen LogP contribution in [-0.4, -0.2) is 20.9 Å². The van der Waals surface area contributed by atoms with Gasteiger partial charge in [-0.05, 0) is 72.0 Å². The van der Waals surface area contributed by atoms with Crippen molar-refractivity contribution in [3.63, 3.8) is 0 Å². The molecule has 6 heteroatoms. The van der Waals surface area contributed by atoms with Crippen LogP contribution >= 0.6 is 0 Å². The average Bonchev–Trinajstić information content (AvgIpc) is 2.89. The number of nitrogens with zero attached hydrogens (tertiary/aromatic N) is 1. The predicted octanol–water partition coefficient (Wildman–Crippen LogP) is 5.75. The van der Waals surface area contributed by atoms with E-state index in [4.69, 9.17) is 0 Å². The molecule has 0 atom stereocenters. The van der Waals surface area contributed by atoms with E-state index in [9.17, 15) is 13.2 Å². The molecule has 170 valence electrons. The van der Waals surface area contributed by atoms with Crippen LogP contribution in [0.15, 0.2) is 108 Å². The first-order chi connectivity index (χ1) is 16.5. The largest absolute Gasteiger partial charge is 0.322 e. The van der Waals surface area contributed by atoms with E-state index in [1.54, 1.807) is 42.5 Å². The number of aryl methyl sites for hydroxylation is 1. The average molecular weight is 469 g/mol. The zero-order valence-electron chi connectivity index (χ0n) is 18.5. The van der Waals surface area contributed by atoms with Gasteiger partial charge in [0.15, 0.2) is 0 Å². The molecule has 1 heterocycles. The van der Waals surface area contributed by atoms with Crippen LogP contribution in [0.4, 0.5) is 11.4 Å². The van der Waals surface area contributed by atoms with E-state index < -0.39 is 10.0 Å². The number of nitrogens with one attached hydrogen (secondary N) is 1. The summed E-state index contributed by atoms with van der Waals surface area (Å²) in [5.74, 6) is -0.205. The lowest BCUT2D eigenvalue weighted by molar-refractivity contribution is 0.102. The molecule has 34 heavy (non-hydrogen) atoms. The van der Waals surface area contributed by atoms with E-state index in [2.05, 4.69) is 5.32 Å². The summed E-state index contributed by atoms with van der Waals surface area (Å²) in [5, 5.41) is 2.95. The van der Waals surface area contributed by atoms with Gasteiger partial charge in [-0.25, -0.2) is 8.42 Å². The normalized spacial score (nSPS) is 13.2. The molecule has 1 N–H and O–H groups in total. The second-order valence-electron chi connectivity index (χ2n) is 8.23. The summed E-state index contributed by atoms with van der Waals surface area (Å²) in [6.45, 7) is 0.434. The van der Waals surface area contributed by atoms with Crippen LogP contribution in [-0.2, 0) is 16.4 Å². The van der Waals surface area contributed by atoms with Gasteiger partial charge in [0.2, 0.25) is 0 Å². The van der Waals surface area contributed by atoms with E-state index in [1.807, 2.05) is 60.7 Å². The topological polar surface area (TPSA) is 66.5 Å². The lowest BCUT2D eigenvalue weighted by Crippen LogP contribution is -2.35. The lowest BCUT2D eigenvalue weighted by Gasteiger charge is -2.30. The van der Waals surface area contributed by atoms with Crippen molar-refractivity contribution in [3.05, 3.63) is 114 Å². The van der Waals surface area contributed by atoms with Crippen molar-refractivity contribution < 1.29 is 13.2 Å². The molecule has 0 fully saturated rings. The summed E-state index contributed by atoms with van der Waals surface area (Å²) in [6.07, 6.45) is 1.48. The third-order valence-electron chi connectivity index (χ3n) is 6.00. The smallest absolute Gasteiger partial charge is 0.264 e. The number of benzene rings is 4. The maximum absolute atomic E-state index is 13.2. The summed E-state index contributed by atoms with van der Waals surface area (Å²) in [5.41, 5.74) is 4.92. The van der Waals surface area contributed by atoms with Crippen LogP contribution in [0.2, 0.25) is 0 Å². The molecule has 1 aliphatic rings. The molecule has 0 unspecified atom stereocenters. The fourth-order valence-corrected chi connectivity index (χ4v) is 5.82. The molecule has 4 aromatic rings. The Balaban J connectivity index is 1.35. The highest BCUT2D eigenvalue weighted by Crippen LogP contribution is 2.34. The molecule has 0 saturated carbocycles. The van der Waals surface area contributed by atoms with Crippen LogP contribution in [0.25, 0.3) is 11.1 Å². The zero-order valence-corrected chi connectivity index (χ0v) is 19.3. The minimum Gasteiger partial charge on any atom is -0.322 e. The molecule has 0 bridgehead atoms. The second-order valence-corrected chi connectivity index (χ2v) is 10.1. The van der Waals surface area contributed by atoms with Gasteiger partial charge in [-0.1, -0.05) is 60.7 Å². The van der Waals surface area contributed by atoms with Gasteiger partial charge in [0.05, 0.1) is 10.6 Å². The summed E-state index contributed by atoms with van der Waals surface area (Å²) in [6, 6.07) is 31.4. The van der Waals surface area contributed by atoms with Crippen LogP contribution in [0.5, 0.6) is 0 Å². The van der Waals surface area contributed by atoms with Gasteiger partial charge >= 0.3 is 0 Å². The Morgan fingerprint density at radius 3 is 2.12 bits per heavy atom. The maximum atomic E-state index is 13.2. The zero-order chi connectivity index (χ0) is 23.5. The summed E-state index contributed by atoms with van der Waals surface area (Å²) in [4.78, 5) is 13.1. The molecule has 4 aromatic carbocycles. The van der Waals surface area contributed by atoms with Crippen LogP contribution < -0.4 is 9.62 Å². The minimum atomic E-state index is -3.64. The van der Waals surface area contributed by atoms with Crippen molar-refractivity contribution in [2.75, 3.05) is 16.2 Å². The Labute approximate surface area is 199 Å². The Kier molecular flexibility index (Phi) is 5.90. The Hall–Kier alpha value is -3.90. The van der Waals surface area contributed by atoms with Gasteiger partial charge < -0.3 is 5.32 Å². The first-order valence-corrected chi connectivity index (χ1v) is 12.6. The highest BCUT2D eigenvalue weighted by molar-refractivity contribution is 7.92. The molecule has 0 spiro atoms. The highest BCUT2D eigenvalue weighted by Gasteiger charge is 2.29. The molecule has 5 rings (SSSR count). The molecule has 0 saturated heterocycles. The lowest BCUT2D eigenvalue weighted by atomic mass is 10.0. The van der Waals surface area contributed by atoms with Gasteiger partial charge in [0, 0.05) is 17.8 Å². The first kappa shape index (κ1) is 21.9. The van der Waals surface area contributed by atoms with E-state index in [0.29, 0.717) is 23.5 Å². The molecule has 1 aliphatic heterocycles. The molecule has 0 aromatic heterocycles. The molecular weight excluding hydrogens is 444 g/mol. The van der Waals surface area contributed by atoms with E-state index >= 15 is 0 Å². The fourth-order valence-electron chi connectivity index (χ4n) is 4.26. The Morgan fingerprint density at radius 2 is 1.41 bits per heavy atom. The fraction of sp³-hybridized carbons (Fsp3) is 0.107. The number of carbonyl (C=O) groups excluding carboxylic acids is 1. The molecule has 0 radical (unpaired) electrons. The van der Waals surface area contributed by atoms with Gasteiger partial charge in [-0.2, -0.15) is 0 Å². The predicted molar refractivity (Wildman–Crippen MR) is 136 cm³/mol. The van der Waals surface area contributed by atoms with Crippen molar-refractivity contribution in [2.24, 2.45) is 0 Å². The number of fused-ring (bicyclic) bond motifs is 1. The minimum absolute atomic E-state index is 0.205. The van der Waals surface area contributed by atoms with Crippen molar-refractivity contribution in [2.45, 2.75) is 17.7 Å². The molecular formula is C28H24N2O3S. The molecule has 5 nitrogen and oxygen atoms in total. The number of hydrogen-bond donors (Lipinski definition) is 1. The number of rotatable bonds is 5. The number of sulfonamides is 1. The van der Waals surface area contributed by atoms with Gasteiger partial charge in [-0.15, -0.1) is 0 Å². The standard InChI is InChI=1S/C28H24N2O3S/c31-28(23-15-13-22(14-16-23)21-8-3-1-4-9-21)29-25-17-18-27-24(20-25)10-7-19-30(27)34(32,33)26-11-5-2-6-12-26/h1-6,8-9,11-18,20H,7,10,19H2,(H,29,31). The van der Waals surface area contributed by atoms with E-state index in [0.717, 1.165) is 29.5 Å². The van der Waals surface area contributed by atoms with Crippen molar-refractivity contribution in [1.29, 1.82) is 0 Å². The summed E-state index contributed by atoms with van der Waals surface area (Å²) >= 11 is 0.